The maximum absolute atomic E-state index is 12.1. The highest BCUT2D eigenvalue weighted by atomic mass is 16.1. The minimum Gasteiger partial charge on any atom is -0.368 e. The van der Waals surface area contributed by atoms with Crippen molar-refractivity contribution < 1.29 is 4.79 Å². The predicted molar refractivity (Wildman–Crippen MR) is 81.8 cm³/mol. The summed E-state index contributed by atoms with van der Waals surface area (Å²) >= 11 is 0. The van der Waals surface area contributed by atoms with Crippen LogP contribution >= 0.6 is 0 Å². The number of rotatable bonds is 3. The maximum Gasteiger partial charge on any atom is 0.239 e. The second-order valence-electron chi connectivity index (χ2n) is 5.76. The molecule has 1 unspecified atom stereocenters. The number of benzene rings is 1. The molecule has 1 heterocycles. The molecule has 1 amide bonds. The number of hydrogen-bond donors (Lipinski definition) is 2. The lowest BCUT2D eigenvalue weighted by atomic mass is 9.88. The van der Waals surface area contributed by atoms with Crippen LogP contribution in [0, 0.1) is 27.7 Å². The first-order valence-electron chi connectivity index (χ1n) is 7.25. The topological polar surface area (TPSA) is 58.4 Å². The Hall–Kier alpha value is -1.39. The van der Waals surface area contributed by atoms with Crippen LogP contribution in [0.25, 0.3) is 0 Å². The zero-order chi connectivity index (χ0) is 14.9. The van der Waals surface area contributed by atoms with Crippen molar-refractivity contribution in [2.24, 2.45) is 5.73 Å². The van der Waals surface area contributed by atoms with Gasteiger partial charge in [-0.1, -0.05) is 6.07 Å². The minimum atomic E-state index is -0.310. The summed E-state index contributed by atoms with van der Waals surface area (Å²) in [6.07, 6.45) is 0. The van der Waals surface area contributed by atoms with Crippen LogP contribution in [-0.2, 0) is 4.79 Å². The molecule has 0 radical (unpaired) electrons. The number of piperazine rings is 1. The molecular weight excluding hydrogens is 250 g/mol. The van der Waals surface area contributed by atoms with Gasteiger partial charge in [0.15, 0.2) is 0 Å². The Balaban J connectivity index is 2.51. The van der Waals surface area contributed by atoms with Crippen LogP contribution in [0.2, 0.25) is 0 Å². The summed E-state index contributed by atoms with van der Waals surface area (Å²) in [5.41, 5.74) is 11.7. The number of nitrogens with zero attached hydrogens (tertiary/aromatic N) is 1. The van der Waals surface area contributed by atoms with Crippen LogP contribution in [0.1, 0.15) is 33.9 Å². The molecule has 4 heteroatoms. The van der Waals surface area contributed by atoms with Gasteiger partial charge in [0, 0.05) is 26.2 Å². The summed E-state index contributed by atoms with van der Waals surface area (Å²) in [4.78, 5) is 14.3. The molecule has 0 aliphatic carbocycles. The third-order valence-electron chi connectivity index (χ3n) is 4.48. The number of nitrogens with two attached hydrogens (primary N) is 1. The van der Waals surface area contributed by atoms with E-state index in [2.05, 4.69) is 44.0 Å². The van der Waals surface area contributed by atoms with Crippen molar-refractivity contribution in [2.75, 3.05) is 26.2 Å². The van der Waals surface area contributed by atoms with E-state index in [4.69, 9.17) is 5.73 Å². The molecule has 0 aromatic heterocycles. The summed E-state index contributed by atoms with van der Waals surface area (Å²) < 4.78 is 0. The number of carbonyl (C=O) groups excluding carboxylic acids is 1. The average Bonchev–Trinajstić information content (AvgIpc) is 2.42. The Morgan fingerprint density at radius 3 is 2.10 bits per heavy atom. The monoisotopic (exact) mass is 275 g/mol. The van der Waals surface area contributed by atoms with Gasteiger partial charge in [-0.3, -0.25) is 9.69 Å². The van der Waals surface area contributed by atoms with Gasteiger partial charge in [0.05, 0.1) is 0 Å². The molecule has 2 rings (SSSR count). The highest BCUT2D eigenvalue weighted by Gasteiger charge is 2.30. The summed E-state index contributed by atoms with van der Waals surface area (Å²) in [5.74, 6) is -0.247. The van der Waals surface area contributed by atoms with E-state index < -0.39 is 0 Å². The highest BCUT2D eigenvalue weighted by Crippen LogP contribution is 2.31. The molecule has 1 atom stereocenters. The van der Waals surface area contributed by atoms with Gasteiger partial charge in [0.2, 0.25) is 5.91 Å². The van der Waals surface area contributed by atoms with Crippen LogP contribution in [0.4, 0.5) is 0 Å². The fourth-order valence-electron chi connectivity index (χ4n) is 3.10. The van der Waals surface area contributed by atoms with E-state index in [9.17, 15) is 4.79 Å². The fourth-order valence-corrected chi connectivity index (χ4v) is 3.10. The number of nitrogens with one attached hydrogen (secondary N) is 1. The molecule has 0 bridgehead atoms. The van der Waals surface area contributed by atoms with Gasteiger partial charge in [-0.2, -0.15) is 0 Å². The van der Waals surface area contributed by atoms with E-state index >= 15 is 0 Å². The van der Waals surface area contributed by atoms with E-state index in [0.717, 1.165) is 31.7 Å². The molecule has 1 aromatic rings. The van der Waals surface area contributed by atoms with E-state index in [-0.39, 0.29) is 11.9 Å². The fraction of sp³-hybridized carbons (Fsp3) is 0.562. The van der Waals surface area contributed by atoms with E-state index in [1.54, 1.807) is 0 Å². The first-order chi connectivity index (χ1) is 9.43. The number of hydrogen-bond acceptors (Lipinski definition) is 3. The predicted octanol–water partition coefficient (Wildman–Crippen LogP) is 1.35. The smallest absolute Gasteiger partial charge is 0.239 e. The molecule has 3 N–H and O–H groups in total. The van der Waals surface area contributed by atoms with Crippen LogP contribution in [0.3, 0.4) is 0 Å². The van der Waals surface area contributed by atoms with Gasteiger partial charge in [0.1, 0.15) is 6.04 Å². The lowest BCUT2D eigenvalue weighted by Crippen LogP contribution is -2.49. The van der Waals surface area contributed by atoms with E-state index in [1.165, 1.54) is 22.3 Å². The first kappa shape index (κ1) is 15.0. The van der Waals surface area contributed by atoms with Crippen LogP contribution in [0.5, 0.6) is 0 Å². The van der Waals surface area contributed by atoms with Gasteiger partial charge in [0.25, 0.3) is 0 Å². The van der Waals surface area contributed by atoms with Crippen molar-refractivity contribution in [1.29, 1.82) is 0 Å². The Kier molecular flexibility index (Phi) is 4.45. The van der Waals surface area contributed by atoms with Crippen LogP contribution in [0.15, 0.2) is 6.07 Å². The Bertz CT molecular complexity index is 493. The molecule has 0 saturated carbocycles. The first-order valence-corrected chi connectivity index (χ1v) is 7.25. The number of primary amides is 1. The number of carbonyl (C=O) groups is 1. The molecule has 110 valence electrons. The quantitative estimate of drug-likeness (QED) is 0.875. The zero-order valence-corrected chi connectivity index (χ0v) is 12.9. The Morgan fingerprint density at radius 2 is 1.65 bits per heavy atom. The summed E-state index contributed by atoms with van der Waals surface area (Å²) in [6, 6.07) is 1.87. The Morgan fingerprint density at radius 1 is 1.15 bits per heavy atom. The molecule has 0 spiro atoms. The molecule has 1 aliphatic heterocycles. The third-order valence-corrected chi connectivity index (χ3v) is 4.48. The zero-order valence-electron chi connectivity index (χ0n) is 12.9. The van der Waals surface area contributed by atoms with Gasteiger partial charge < -0.3 is 11.1 Å². The lowest BCUT2D eigenvalue weighted by Gasteiger charge is -2.35. The highest BCUT2D eigenvalue weighted by molar-refractivity contribution is 5.82. The summed E-state index contributed by atoms with van der Waals surface area (Å²) in [6.45, 7) is 11.9. The second kappa shape index (κ2) is 5.94. The molecule has 1 fully saturated rings. The van der Waals surface area contributed by atoms with Crippen LogP contribution < -0.4 is 11.1 Å². The van der Waals surface area contributed by atoms with Gasteiger partial charge in [-0.15, -0.1) is 0 Å². The maximum atomic E-state index is 12.1. The molecule has 20 heavy (non-hydrogen) atoms. The lowest BCUT2D eigenvalue weighted by molar-refractivity contribution is -0.123. The van der Waals surface area contributed by atoms with Crippen molar-refractivity contribution in [2.45, 2.75) is 33.7 Å². The SMILES string of the molecule is Cc1cc(C)c(C)c(C(C(N)=O)N2CCNCC2)c1C. The van der Waals surface area contributed by atoms with Crippen molar-refractivity contribution in [3.63, 3.8) is 0 Å². The average molecular weight is 275 g/mol. The van der Waals surface area contributed by atoms with E-state index in [1.807, 2.05) is 0 Å². The number of amides is 1. The molecule has 1 aliphatic rings. The van der Waals surface area contributed by atoms with Gasteiger partial charge in [-0.05, 0) is 55.5 Å². The van der Waals surface area contributed by atoms with Crippen molar-refractivity contribution in [3.8, 4) is 0 Å². The molecule has 1 saturated heterocycles. The number of aryl methyl sites for hydroxylation is 2. The Labute approximate surface area is 121 Å². The third kappa shape index (κ3) is 2.72. The second-order valence-corrected chi connectivity index (χ2v) is 5.76. The normalized spacial score (nSPS) is 18.0. The van der Waals surface area contributed by atoms with Gasteiger partial charge in [-0.25, -0.2) is 0 Å². The van der Waals surface area contributed by atoms with Gasteiger partial charge >= 0.3 is 0 Å². The summed E-state index contributed by atoms with van der Waals surface area (Å²) in [7, 11) is 0. The molecule has 1 aromatic carbocycles. The molecular formula is C16H25N3O. The minimum absolute atomic E-state index is 0.247. The van der Waals surface area contributed by atoms with E-state index in [0.29, 0.717) is 0 Å². The van der Waals surface area contributed by atoms with Crippen molar-refractivity contribution >= 4 is 5.91 Å². The molecule has 4 nitrogen and oxygen atoms in total. The van der Waals surface area contributed by atoms with Crippen molar-refractivity contribution in [3.05, 3.63) is 33.9 Å². The summed E-state index contributed by atoms with van der Waals surface area (Å²) in [5, 5.41) is 3.32. The largest absolute Gasteiger partial charge is 0.368 e. The van der Waals surface area contributed by atoms with Crippen molar-refractivity contribution in [1.82, 2.24) is 10.2 Å². The standard InChI is InChI=1S/C16H25N3O/c1-10-9-11(2)13(4)14(12(10)3)15(16(17)20)19-7-5-18-6-8-19/h9,15,18H,5-8H2,1-4H3,(H2,17,20). The van der Waals surface area contributed by atoms with Crippen LogP contribution in [-0.4, -0.2) is 37.0 Å².